The van der Waals surface area contributed by atoms with E-state index in [1.807, 2.05) is 0 Å². The van der Waals surface area contributed by atoms with Crippen LogP contribution in [0.25, 0.3) is 0 Å². The van der Waals surface area contributed by atoms with Gasteiger partial charge >= 0.3 is 35.8 Å². The van der Waals surface area contributed by atoms with Crippen molar-refractivity contribution < 1.29 is 61.9 Å². The number of hydrogen-bond acceptors (Lipinski definition) is 13. The molecule has 0 amide bonds. The molecule has 1 rings (SSSR count). The van der Waals surface area contributed by atoms with Gasteiger partial charge in [-0.2, -0.15) is 0 Å². The summed E-state index contributed by atoms with van der Waals surface area (Å²) < 4.78 is 36.7. The molecule has 13 nitrogen and oxygen atoms in total. The van der Waals surface area contributed by atoms with Crippen molar-refractivity contribution in [2.75, 3.05) is 13.7 Å². The van der Waals surface area contributed by atoms with Gasteiger partial charge in [0, 0.05) is 37.8 Å². The van der Waals surface area contributed by atoms with Crippen molar-refractivity contribution in [3.63, 3.8) is 0 Å². The lowest BCUT2D eigenvalue weighted by molar-refractivity contribution is -0.300. The molecule has 0 aromatic heterocycles. The zero-order valence-electron chi connectivity index (χ0n) is 20.9. The van der Waals surface area contributed by atoms with Crippen molar-refractivity contribution >= 4 is 35.8 Å². The number of esters is 6. The van der Waals surface area contributed by atoms with E-state index in [0.717, 1.165) is 19.3 Å². The van der Waals surface area contributed by atoms with Crippen molar-refractivity contribution in [1.82, 2.24) is 0 Å². The molecule has 0 unspecified atom stereocenters. The third-order valence-corrected chi connectivity index (χ3v) is 4.75. The molecule has 0 saturated carbocycles. The van der Waals surface area contributed by atoms with Crippen molar-refractivity contribution in [2.24, 2.45) is 0 Å². The van der Waals surface area contributed by atoms with Gasteiger partial charge < -0.3 is 33.2 Å². The summed E-state index contributed by atoms with van der Waals surface area (Å²) >= 11 is 0. The van der Waals surface area contributed by atoms with Gasteiger partial charge in [0.2, 0.25) is 12.4 Å². The number of carbonyl (C=O) groups excluding carboxylic acids is 6. The molecular formula is C23H32O13. The first-order valence-electron chi connectivity index (χ1n) is 11.5. The predicted molar refractivity (Wildman–Crippen MR) is 118 cm³/mol. The van der Waals surface area contributed by atoms with E-state index in [9.17, 15) is 28.8 Å². The molecule has 1 fully saturated rings. The first-order valence-corrected chi connectivity index (χ1v) is 11.5. The molecule has 1 saturated heterocycles. The van der Waals surface area contributed by atoms with E-state index in [1.54, 1.807) is 6.92 Å². The largest absolute Gasteiger partial charge is 0.466 e. The van der Waals surface area contributed by atoms with E-state index in [1.165, 1.54) is 20.8 Å². The van der Waals surface area contributed by atoms with Crippen molar-refractivity contribution in [3.8, 4) is 0 Å². The van der Waals surface area contributed by atoms with Gasteiger partial charge in [-0.05, 0) is 0 Å². The molecule has 0 radical (unpaired) electrons. The molecule has 0 bridgehead atoms. The highest BCUT2D eigenvalue weighted by molar-refractivity contribution is 5.91. The van der Waals surface area contributed by atoms with Crippen LogP contribution in [0.5, 0.6) is 0 Å². The average molecular weight is 516 g/mol. The molecule has 1 aliphatic rings. The monoisotopic (exact) mass is 516 g/mol. The van der Waals surface area contributed by atoms with Crippen LogP contribution in [-0.2, 0) is 61.9 Å². The maximum Gasteiger partial charge on any atom is 0.333 e. The Kier molecular flexibility index (Phi) is 13.2. The van der Waals surface area contributed by atoms with Gasteiger partial charge in [-0.15, -0.1) is 0 Å². The van der Waals surface area contributed by atoms with E-state index in [0.29, 0.717) is 0 Å². The molecule has 0 spiro atoms. The van der Waals surface area contributed by atoms with Gasteiger partial charge in [0.15, 0.2) is 12.2 Å². The third-order valence-electron chi connectivity index (χ3n) is 4.75. The normalized spacial score (nSPS) is 23.3. The average Bonchev–Trinajstić information content (AvgIpc) is 2.88. The summed E-state index contributed by atoms with van der Waals surface area (Å²) in [7, 11) is 1.11. The second-order valence-electron chi connectivity index (χ2n) is 7.30. The summed E-state index contributed by atoms with van der Waals surface area (Å²) in [6.07, 6.45) is -6.04. The Hall–Kier alpha value is -3.48. The number of rotatable bonds is 12. The van der Waals surface area contributed by atoms with Crippen LogP contribution in [0, 0.1) is 0 Å². The Morgan fingerprint density at radius 3 is 1.61 bits per heavy atom. The lowest BCUT2D eigenvalue weighted by Crippen LogP contribution is -2.63. The Bertz CT molecular complexity index is 834. The second-order valence-corrected chi connectivity index (χ2v) is 7.30. The molecule has 13 heteroatoms. The minimum atomic E-state index is -1.69. The van der Waals surface area contributed by atoms with E-state index < -0.39 is 73.1 Å². The van der Waals surface area contributed by atoms with Gasteiger partial charge in [0.25, 0.3) is 0 Å². The van der Waals surface area contributed by atoms with E-state index in [-0.39, 0.29) is 25.7 Å². The minimum absolute atomic E-state index is 0.0356. The molecular weight excluding hydrogens is 484 g/mol. The van der Waals surface area contributed by atoms with E-state index in [2.05, 4.69) is 4.74 Å². The summed E-state index contributed by atoms with van der Waals surface area (Å²) in [5.41, 5.74) is 0. The standard InChI is InChI=1S/C23H32O13/c1-6-14(24)31-12-13-20(33-15(25)7-2)21(34-16(26)8-3)22(35-17(27)9-4)23(32-13)36-19(29)11-10-18(28)30-5/h10-11,13,20-23H,6-9,12H2,1-5H3/b11-10+/t13-,20+,21+,22-,23+/m1/s1. The van der Waals surface area contributed by atoms with Gasteiger partial charge in [-0.1, -0.05) is 27.7 Å². The van der Waals surface area contributed by atoms with Crippen molar-refractivity contribution in [3.05, 3.63) is 12.2 Å². The maximum atomic E-state index is 12.3. The van der Waals surface area contributed by atoms with Crippen LogP contribution in [0.4, 0.5) is 0 Å². The Morgan fingerprint density at radius 1 is 0.639 bits per heavy atom. The zero-order valence-corrected chi connectivity index (χ0v) is 20.9. The molecule has 0 aliphatic carbocycles. The smallest absolute Gasteiger partial charge is 0.333 e. The number of ether oxygens (including phenoxy) is 7. The van der Waals surface area contributed by atoms with Crippen molar-refractivity contribution in [2.45, 2.75) is 84.1 Å². The van der Waals surface area contributed by atoms with Crippen LogP contribution < -0.4 is 0 Å². The highest BCUT2D eigenvalue weighted by Gasteiger charge is 2.54. The summed E-state index contributed by atoms with van der Waals surface area (Å²) in [5.74, 6) is -4.73. The molecule has 36 heavy (non-hydrogen) atoms. The molecule has 202 valence electrons. The molecule has 0 aromatic carbocycles. The number of methoxy groups -OCH3 is 1. The summed E-state index contributed by atoms with van der Waals surface area (Å²) in [5, 5.41) is 0. The highest BCUT2D eigenvalue weighted by Crippen LogP contribution is 2.30. The maximum absolute atomic E-state index is 12.3. The number of carbonyl (C=O) groups is 6. The summed E-state index contributed by atoms with van der Waals surface area (Å²) in [6.45, 7) is 5.63. The lowest BCUT2D eigenvalue weighted by Gasteiger charge is -2.43. The van der Waals surface area contributed by atoms with Crippen LogP contribution in [-0.4, -0.2) is 80.2 Å². The SMILES string of the molecule is CCC(=O)OC[C@H]1O[C@@H](OC(=O)/C=C/C(=O)OC)[C@H](OC(=O)CC)[C@@H](OC(=O)CC)[C@H]1OC(=O)CC. The van der Waals surface area contributed by atoms with Crippen LogP contribution in [0.1, 0.15) is 53.4 Å². The first kappa shape index (κ1) is 30.6. The molecule has 0 aromatic rings. The Morgan fingerprint density at radius 2 is 1.11 bits per heavy atom. The third kappa shape index (κ3) is 9.64. The highest BCUT2D eigenvalue weighted by atomic mass is 16.7. The Balaban J connectivity index is 3.44. The predicted octanol–water partition coefficient (Wildman–Crippen LogP) is 0.902. The van der Waals surface area contributed by atoms with Gasteiger partial charge in [-0.3, -0.25) is 19.2 Å². The number of hydrogen-bond donors (Lipinski definition) is 0. The van der Waals surface area contributed by atoms with Crippen LogP contribution in [0.2, 0.25) is 0 Å². The summed E-state index contributed by atoms with van der Waals surface area (Å²) in [4.78, 5) is 72.0. The fraction of sp³-hybridized carbons (Fsp3) is 0.652. The second kappa shape index (κ2) is 15.5. The fourth-order valence-electron chi connectivity index (χ4n) is 2.85. The lowest BCUT2D eigenvalue weighted by atomic mass is 9.98. The van der Waals surface area contributed by atoms with Crippen LogP contribution >= 0.6 is 0 Å². The minimum Gasteiger partial charge on any atom is -0.466 e. The summed E-state index contributed by atoms with van der Waals surface area (Å²) in [6, 6.07) is 0. The van der Waals surface area contributed by atoms with Gasteiger partial charge in [-0.25, -0.2) is 9.59 Å². The fourth-order valence-corrected chi connectivity index (χ4v) is 2.85. The first-order chi connectivity index (χ1) is 17.1. The molecule has 5 atom stereocenters. The molecule has 1 heterocycles. The topological polar surface area (TPSA) is 167 Å². The molecule has 0 N–H and O–H groups in total. The Labute approximate surface area is 208 Å². The van der Waals surface area contributed by atoms with Crippen LogP contribution in [0.15, 0.2) is 12.2 Å². The van der Waals surface area contributed by atoms with Gasteiger partial charge in [0.1, 0.15) is 12.7 Å². The van der Waals surface area contributed by atoms with Gasteiger partial charge in [0.05, 0.1) is 7.11 Å². The van der Waals surface area contributed by atoms with E-state index in [4.69, 9.17) is 28.4 Å². The zero-order chi connectivity index (χ0) is 27.3. The quantitative estimate of drug-likeness (QED) is 0.204. The molecule has 1 aliphatic heterocycles. The van der Waals surface area contributed by atoms with Crippen LogP contribution in [0.3, 0.4) is 0 Å². The van der Waals surface area contributed by atoms with Crippen molar-refractivity contribution in [1.29, 1.82) is 0 Å². The van der Waals surface area contributed by atoms with E-state index >= 15 is 0 Å².